The van der Waals surface area contributed by atoms with Gasteiger partial charge in [0, 0.05) is 0 Å². The first kappa shape index (κ1) is 11.5. The zero-order chi connectivity index (χ0) is 10.6. The third-order valence-corrected chi connectivity index (χ3v) is 3.38. The van der Waals surface area contributed by atoms with Crippen LogP contribution in [0, 0.1) is 5.92 Å². The van der Waals surface area contributed by atoms with Crippen molar-refractivity contribution in [1.29, 1.82) is 0 Å². The summed E-state index contributed by atoms with van der Waals surface area (Å²) in [6, 6.07) is -0.0344. The Hall–Kier alpha value is -0.570. The molecule has 0 aromatic carbocycles. The normalized spacial score (nSPS) is 22.1. The summed E-state index contributed by atoms with van der Waals surface area (Å²) in [6.45, 7) is 6.35. The van der Waals surface area contributed by atoms with E-state index in [1.54, 1.807) is 0 Å². The first-order valence-corrected chi connectivity index (χ1v) is 5.72. The Morgan fingerprint density at radius 1 is 1.43 bits per heavy atom. The van der Waals surface area contributed by atoms with Crippen LogP contribution >= 0.6 is 0 Å². The number of carbonyl (C=O) groups excluding carboxylic acids is 1. The van der Waals surface area contributed by atoms with Crippen LogP contribution in [0.1, 0.15) is 39.5 Å². The standard InChI is InChI=1S/C11H22N2O/c1-3-9-5-7-13(8-6-9)10(4-2)11(12)14/h9-10H,3-8H2,1-2H3,(H2,12,14). The minimum absolute atomic E-state index is 0.0344. The van der Waals surface area contributed by atoms with Crippen LogP contribution in [0.4, 0.5) is 0 Å². The molecule has 2 N–H and O–H groups in total. The lowest BCUT2D eigenvalue weighted by Crippen LogP contribution is -2.47. The Labute approximate surface area is 86.6 Å². The highest BCUT2D eigenvalue weighted by molar-refractivity contribution is 5.79. The van der Waals surface area contributed by atoms with Gasteiger partial charge in [-0.2, -0.15) is 0 Å². The molecule has 0 aliphatic carbocycles. The minimum atomic E-state index is -0.164. The number of likely N-dealkylation sites (tertiary alicyclic amines) is 1. The SMILES string of the molecule is CCC1CCN(C(CC)C(N)=O)CC1. The summed E-state index contributed by atoms with van der Waals surface area (Å²) in [6.07, 6.45) is 4.55. The fraction of sp³-hybridized carbons (Fsp3) is 0.909. The molecule has 1 amide bonds. The monoisotopic (exact) mass is 198 g/mol. The van der Waals surface area contributed by atoms with Crippen LogP contribution in [0.25, 0.3) is 0 Å². The van der Waals surface area contributed by atoms with Gasteiger partial charge >= 0.3 is 0 Å². The van der Waals surface area contributed by atoms with Crippen molar-refractivity contribution in [3.05, 3.63) is 0 Å². The van der Waals surface area contributed by atoms with Crippen LogP contribution in [0.3, 0.4) is 0 Å². The van der Waals surface area contributed by atoms with Gasteiger partial charge in [0.25, 0.3) is 0 Å². The van der Waals surface area contributed by atoms with Gasteiger partial charge in [-0.05, 0) is 38.3 Å². The average Bonchev–Trinajstić information content (AvgIpc) is 2.19. The Morgan fingerprint density at radius 3 is 2.36 bits per heavy atom. The fourth-order valence-corrected chi connectivity index (χ4v) is 2.31. The van der Waals surface area contributed by atoms with E-state index in [0.29, 0.717) is 0 Å². The fourth-order valence-electron chi connectivity index (χ4n) is 2.31. The average molecular weight is 198 g/mol. The van der Waals surface area contributed by atoms with Crippen LogP contribution in [0.5, 0.6) is 0 Å². The predicted octanol–water partition coefficient (Wildman–Crippen LogP) is 1.37. The summed E-state index contributed by atoms with van der Waals surface area (Å²) in [5.74, 6) is 0.694. The third-order valence-electron chi connectivity index (χ3n) is 3.38. The molecule has 0 spiro atoms. The lowest BCUT2D eigenvalue weighted by atomic mass is 9.93. The molecule has 1 saturated heterocycles. The second kappa shape index (κ2) is 5.35. The van der Waals surface area contributed by atoms with E-state index in [0.717, 1.165) is 25.4 Å². The van der Waals surface area contributed by atoms with Crippen LogP contribution in [0.15, 0.2) is 0 Å². The van der Waals surface area contributed by atoms with E-state index in [2.05, 4.69) is 11.8 Å². The van der Waals surface area contributed by atoms with Crippen molar-refractivity contribution in [1.82, 2.24) is 4.90 Å². The number of amides is 1. The quantitative estimate of drug-likeness (QED) is 0.741. The van der Waals surface area contributed by atoms with Crippen molar-refractivity contribution in [2.45, 2.75) is 45.6 Å². The van der Waals surface area contributed by atoms with Crippen molar-refractivity contribution < 1.29 is 4.79 Å². The Kier molecular flexibility index (Phi) is 4.39. The van der Waals surface area contributed by atoms with Crippen molar-refractivity contribution in [3.63, 3.8) is 0 Å². The zero-order valence-corrected chi connectivity index (χ0v) is 9.33. The molecule has 0 radical (unpaired) electrons. The number of hydrogen-bond donors (Lipinski definition) is 1. The molecule has 1 unspecified atom stereocenters. The molecule has 1 heterocycles. The Bertz CT molecular complexity index is 186. The molecular formula is C11H22N2O. The molecule has 82 valence electrons. The highest BCUT2D eigenvalue weighted by atomic mass is 16.1. The Balaban J connectivity index is 2.43. The molecule has 3 nitrogen and oxygen atoms in total. The molecule has 1 atom stereocenters. The molecule has 0 saturated carbocycles. The van der Waals surface area contributed by atoms with Crippen molar-refractivity contribution in [3.8, 4) is 0 Å². The predicted molar refractivity (Wildman–Crippen MR) is 57.9 cm³/mol. The maximum atomic E-state index is 11.2. The van der Waals surface area contributed by atoms with Gasteiger partial charge in [-0.1, -0.05) is 20.3 Å². The van der Waals surface area contributed by atoms with Gasteiger partial charge < -0.3 is 5.73 Å². The first-order valence-electron chi connectivity index (χ1n) is 5.72. The van der Waals surface area contributed by atoms with E-state index in [1.165, 1.54) is 19.3 Å². The number of carbonyl (C=O) groups is 1. The summed E-state index contributed by atoms with van der Waals surface area (Å²) in [4.78, 5) is 13.4. The number of nitrogens with zero attached hydrogens (tertiary/aromatic N) is 1. The zero-order valence-electron chi connectivity index (χ0n) is 9.33. The molecule has 0 bridgehead atoms. The van der Waals surface area contributed by atoms with Crippen molar-refractivity contribution >= 4 is 5.91 Å². The molecule has 14 heavy (non-hydrogen) atoms. The van der Waals surface area contributed by atoms with Gasteiger partial charge in [-0.15, -0.1) is 0 Å². The molecule has 1 fully saturated rings. The largest absolute Gasteiger partial charge is 0.368 e. The summed E-state index contributed by atoms with van der Waals surface area (Å²) in [5, 5.41) is 0. The number of piperidine rings is 1. The highest BCUT2D eigenvalue weighted by Crippen LogP contribution is 2.22. The minimum Gasteiger partial charge on any atom is -0.368 e. The van der Waals surface area contributed by atoms with E-state index in [-0.39, 0.29) is 11.9 Å². The van der Waals surface area contributed by atoms with E-state index in [4.69, 9.17) is 5.73 Å². The Morgan fingerprint density at radius 2 is 2.00 bits per heavy atom. The van der Waals surface area contributed by atoms with Gasteiger partial charge in [-0.3, -0.25) is 9.69 Å². The number of rotatable bonds is 4. The van der Waals surface area contributed by atoms with Crippen LogP contribution < -0.4 is 5.73 Å². The molecule has 1 aliphatic rings. The maximum Gasteiger partial charge on any atom is 0.234 e. The summed E-state index contributed by atoms with van der Waals surface area (Å²) < 4.78 is 0. The molecule has 0 aromatic heterocycles. The van der Waals surface area contributed by atoms with Crippen molar-refractivity contribution in [2.75, 3.05) is 13.1 Å². The maximum absolute atomic E-state index is 11.2. The van der Waals surface area contributed by atoms with Gasteiger partial charge in [0.05, 0.1) is 6.04 Å². The van der Waals surface area contributed by atoms with Gasteiger partial charge in [-0.25, -0.2) is 0 Å². The van der Waals surface area contributed by atoms with E-state index in [9.17, 15) is 4.79 Å². The number of nitrogens with two attached hydrogens (primary N) is 1. The summed E-state index contributed by atoms with van der Waals surface area (Å²) in [7, 11) is 0. The number of primary amides is 1. The molecular weight excluding hydrogens is 176 g/mol. The number of hydrogen-bond acceptors (Lipinski definition) is 2. The van der Waals surface area contributed by atoms with E-state index in [1.807, 2.05) is 6.92 Å². The van der Waals surface area contributed by atoms with E-state index >= 15 is 0 Å². The van der Waals surface area contributed by atoms with Crippen molar-refractivity contribution in [2.24, 2.45) is 11.7 Å². The van der Waals surface area contributed by atoms with Gasteiger partial charge in [0.15, 0.2) is 0 Å². The second-order valence-corrected chi connectivity index (χ2v) is 4.21. The second-order valence-electron chi connectivity index (χ2n) is 4.21. The molecule has 3 heteroatoms. The topological polar surface area (TPSA) is 46.3 Å². The van der Waals surface area contributed by atoms with Crippen LogP contribution in [-0.4, -0.2) is 29.9 Å². The molecule has 1 rings (SSSR count). The molecule has 0 aromatic rings. The smallest absolute Gasteiger partial charge is 0.234 e. The third kappa shape index (κ3) is 2.71. The van der Waals surface area contributed by atoms with Gasteiger partial charge in [0.1, 0.15) is 0 Å². The van der Waals surface area contributed by atoms with Crippen LogP contribution in [-0.2, 0) is 4.79 Å². The van der Waals surface area contributed by atoms with Crippen LogP contribution in [0.2, 0.25) is 0 Å². The lowest BCUT2D eigenvalue weighted by Gasteiger charge is -2.35. The lowest BCUT2D eigenvalue weighted by molar-refractivity contribution is -0.124. The first-order chi connectivity index (χ1) is 6.69. The summed E-state index contributed by atoms with van der Waals surface area (Å²) in [5.41, 5.74) is 5.36. The highest BCUT2D eigenvalue weighted by Gasteiger charge is 2.26. The van der Waals surface area contributed by atoms with Gasteiger partial charge in [0.2, 0.25) is 5.91 Å². The molecule has 1 aliphatic heterocycles. The summed E-state index contributed by atoms with van der Waals surface area (Å²) >= 11 is 0. The van der Waals surface area contributed by atoms with E-state index < -0.39 is 0 Å².